The number of nitrogens with zero attached hydrogens (tertiary/aromatic N) is 1. The molecule has 3 saturated heterocycles. The summed E-state index contributed by atoms with van der Waals surface area (Å²) in [6.07, 6.45) is 5.80. The standard InChI is InChI=1S/C9H16N2/c1-2-4-11-7-5-8(10-6-7)9(11)3-1/h7-10H,1-6H2. The van der Waals surface area contributed by atoms with E-state index in [0.717, 1.165) is 18.1 Å². The third-order valence-electron chi connectivity index (χ3n) is 3.67. The fourth-order valence-electron chi connectivity index (χ4n) is 3.16. The molecule has 62 valence electrons. The van der Waals surface area contributed by atoms with Crippen LogP contribution in [0.25, 0.3) is 0 Å². The second kappa shape index (κ2) is 2.20. The highest BCUT2D eigenvalue weighted by molar-refractivity contribution is 5.05. The Labute approximate surface area is 68.0 Å². The summed E-state index contributed by atoms with van der Waals surface area (Å²) in [5.41, 5.74) is 0. The molecule has 0 aromatic rings. The summed E-state index contributed by atoms with van der Waals surface area (Å²) in [5, 5.41) is 3.61. The van der Waals surface area contributed by atoms with Crippen molar-refractivity contribution in [3.05, 3.63) is 0 Å². The van der Waals surface area contributed by atoms with E-state index in [-0.39, 0.29) is 0 Å². The highest BCUT2D eigenvalue weighted by Gasteiger charge is 2.45. The fourth-order valence-corrected chi connectivity index (χ4v) is 3.16. The first-order chi connectivity index (χ1) is 5.45. The van der Waals surface area contributed by atoms with E-state index in [2.05, 4.69) is 10.2 Å². The van der Waals surface area contributed by atoms with Crippen molar-refractivity contribution >= 4 is 0 Å². The van der Waals surface area contributed by atoms with E-state index in [1.807, 2.05) is 0 Å². The predicted octanol–water partition coefficient (Wildman–Crippen LogP) is 0.585. The average Bonchev–Trinajstić information content (AvgIpc) is 2.64. The van der Waals surface area contributed by atoms with Gasteiger partial charge in [0.15, 0.2) is 0 Å². The van der Waals surface area contributed by atoms with E-state index in [1.54, 1.807) is 0 Å². The molecule has 2 bridgehead atoms. The molecule has 1 N–H and O–H groups in total. The van der Waals surface area contributed by atoms with E-state index >= 15 is 0 Å². The fraction of sp³-hybridized carbons (Fsp3) is 1.00. The van der Waals surface area contributed by atoms with E-state index in [1.165, 1.54) is 38.8 Å². The Morgan fingerprint density at radius 1 is 1.27 bits per heavy atom. The summed E-state index contributed by atoms with van der Waals surface area (Å²) in [7, 11) is 0. The van der Waals surface area contributed by atoms with Crippen LogP contribution in [0.3, 0.4) is 0 Å². The lowest BCUT2D eigenvalue weighted by molar-refractivity contribution is 0.115. The summed E-state index contributed by atoms with van der Waals surface area (Å²) in [6.45, 7) is 2.65. The van der Waals surface area contributed by atoms with Crippen LogP contribution >= 0.6 is 0 Å². The lowest BCUT2D eigenvalue weighted by atomic mass is 9.99. The van der Waals surface area contributed by atoms with Gasteiger partial charge >= 0.3 is 0 Å². The normalized spacial score (nSPS) is 49.6. The van der Waals surface area contributed by atoms with Crippen molar-refractivity contribution < 1.29 is 0 Å². The van der Waals surface area contributed by atoms with Crippen LogP contribution in [0.4, 0.5) is 0 Å². The van der Waals surface area contributed by atoms with Crippen LogP contribution in [0.1, 0.15) is 25.7 Å². The zero-order chi connectivity index (χ0) is 7.26. The minimum Gasteiger partial charge on any atom is -0.311 e. The Bertz CT molecular complexity index is 151. The summed E-state index contributed by atoms with van der Waals surface area (Å²) >= 11 is 0. The molecule has 0 spiro atoms. The molecule has 3 atom stereocenters. The van der Waals surface area contributed by atoms with Gasteiger partial charge in [0.1, 0.15) is 0 Å². The molecule has 0 aromatic carbocycles. The molecule has 3 heterocycles. The monoisotopic (exact) mass is 152 g/mol. The number of hydrogen-bond acceptors (Lipinski definition) is 2. The lowest BCUT2D eigenvalue weighted by Crippen LogP contribution is -2.53. The van der Waals surface area contributed by atoms with Crippen LogP contribution < -0.4 is 5.32 Å². The van der Waals surface area contributed by atoms with Gasteiger partial charge in [-0.2, -0.15) is 0 Å². The minimum atomic E-state index is 0.861. The molecule has 0 aromatic heterocycles. The highest BCUT2D eigenvalue weighted by Crippen LogP contribution is 2.34. The molecule has 3 unspecified atom stereocenters. The molecule has 2 heteroatoms. The topological polar surface area (TPSA) is 15.3 Å². The van der Waals surface area contributed by atoms with Gasteiger partial charge in [0.05, 0.1) is 0 Å². The second-order valence-corrected chi connectivity index (χ2v) is 4.21. The average molecular weight is 152 g/mol. The van der Waals surface area contributed by atoms with Gasteiger partial charge in [-0.05, 0) is 25.8 Å². The van der Waals surface area contributed by atoms with Gasteiger partial charge in [0, 0.05) is 24.7 Å². The van der Waals surface area contributed by atoms with Crippen LogP contribution in [0.2, 0.25) is 0 Å². The van der Waals surface area contributed by atoms with E-state index in [9.17, 15) is 0 Å². The molecule has 11 heavy (non-hydrogen) atoms. The molecule has 3 fully saturated rings. The maximum Gasteiger partial charge on any atom is 0.0253 e. The van der Waals surface area contributed by atoms with Crippen LogP contribution in [0, 0.1) is 0 Å². The van der Waals surface area contributed by atoms with Crippen LogP contribution in [-0.4, -0.2) is 36.1 Å². The van der Waals surface area contributed by atoms with Crippen molar-refractivity contribution in [1.82, 2.24) is 10.2 Å². The largest absolute Gasteiger partial charge is 0.311 e. The molecule has 3 aliphatic heterocycles. The molecule has 0 saturated carbocycles. The van der Waals surface area contributed by atoms with Crippen molar-refractivity contribution in [3.63, 3.8) is 0 Å². The first-order valence-electron chi connectivity index (χ1n) is 4.94. The Hall–Kier alpha value is -0.0800. The molecular formula is C9H16N2. The summed E-state index contributed by atoms with van der Waals surface area (Å²) in [5.74, 6) is 0. The van der Waals surface area contributed by atoms with Gasteiger partial charge in [-0.1, -0.05) is 6.42 Å². The number of fused-ring (bicyclic) bond motifs is 5. The third-order valence-corrected chi connectivity index (χ3v) is 3.67. The third kappa shape index (κ3) is 0.798. The number of piperazine rings is 1. The maximum atomic E-state index is 3.61. The van der Waals surface area contributed by atoms with Gasteiger partial charge in [-0.25, -0.2) is 0 Å². The van der Waals surface area contributed by atoms with E-state index in [4.69, 9.17) is 0 Å². The van der Waals surface area contributed by atoms with Crippen molar-refractivity contribution in [3.8, 4) is 0 Å². The Morgan fingerprint density at radius 3 is 3.18 bits per heavy atom. The Morgan fingerprint density at radius 2 is 2.27 bits per heavy atom. The first-order valence-corrected chi connectivity index (χ1v) is 4.94. The van der Waals surface area contributed by atoms with Crippen LogP contribution in [-0.2, 0) is 0 Å². The maximum absolute atomic E-state index is 3.61. The summed E-state index contributed by atoms with van der Waals surface area (Å²) in [4.78, 5) is 2.75. The lowest BCUT2D eigenvalue weighted by Gasteiger charge is -2.39. The number of nitrogens with one attached hydrogen (secondary N) is 1. The molecule has 3 aliphatic rings. The summed E-state index contributed by atoms with van der Waals surface area (Å²) in [6, 6.07) is 2.69. The second-order valence-electron chi connectivity index (χ2n) is 4.21. The molecule has 2 nitrogen and oxygen atoms in total. The molecule has 0 aliphatic carbocycles. The zero-order valence-electron chi connectivity index (χ0n) is 6.92. The van der Waals surface area contributed by atoms with Crippen LogP contribution in [0.15, 0.2) is 0 Å². The van der Waals surface area contributed by atoms with Crippen molar-refractivity contribution in [2.45, 2.75) is 43.8 Å². The smallest absolute Gasteiger partial charge is 0.0253 e. The van der Waals surface area contributed by atoms with Gasteiger partial charge in [0.25, 0.3) is 0 Å². The Kier molecular flexibility index (Phi) is 1.29. The summed E-state index contributed by atoms with van der Waals surface area (Å²) < 4.78 is 0. The molecular weight excluding hydrogens is 136 g/mol. The number of piperidine rings is 1. The number of rotatable bonds is 0. The van der Waals surface area contributed by atoms with Gasteiger partial charge in [-0.15, -0.1) is 0 Å². The van der Waals surface area contributed by atoms with Crippen molar-refractivity contribution in [2.75, 3.05) is 13.1 Å². The number of hydrogen-bond donors (Lipinski definition) is 1. The van der Waals surface area contributed by atoms with Gasteiger partial charge in [0.2, 0.25) is 0 Å². The predicted molar refractivity (Wildman–Crippen MR) is 44.5 cm³/mol. The van der Waals surface area contributed by atoms with E-state index < -0.39 is 0 Å². The highest BCUT2D eigenvalue weighted by atomic mass is 15.3. The zero-order valence-corrected chi connectivity index (χ0v) is 6.92. The molecule has 0 radical (unpaired) electrons. The first kappa shape index (κ1) is 6.44. The quantitative estimate of drug-likeness (QED) is 0.546. The molecule has 3 rings (SSSR count). The molecule has 0 amide bonds. The SMILES string of the molecule is C1CCN2C3CNC(C3)C2C1. The minimum absolute atomic E-state index is 0.861. The van der Waals surface area contributed by atoms with E-state index in [0.29, 0.717) is 0 Å². The van der Waals surface area contributed by atoms with Crippen molar-refractivity contribution in [1.29, 1.82) is 0 Å². The van der Waals surface area contributed by atoms with Gasteiger partial charge in [-0.3, -0.25) is 4.90 Å². The van der Waals surface area contributed by atoms with Gasteiger partial charge < -0.3 is 5.32 Å². The van der Waals surface area contributed by atoms with Crippen molar-refractivity contribution in [2.24, 2.45) is 0 Å². The van der Waals surface area contributed by atoms with Crippen LogP contribution in [0.5, 0.6) is 0 Å². The Balaban J connectivity index is 1.84.